The number of hydrogen-bond donors (Lipinski definition) is 2. The molecule has 3 N–H and O–H groups in total. The van der Waals surface area contributed by atoms with Gasteiger partial charge in [0.25, 0.3) is 0 Å². The van der Waals surface area contributed by atoms with E-state index in [0.717, 1.165) is 25.9 Å². The summed E-state index contributed by atoms with van der Waals surface area (Å²) in [5.74, 6) is 0.305. The number of fused-ring (bicyclic) bond motifs is 1. The zero-order valence-corrected chi connectivity index (χ0v) is 12.1. The second-order valence-corrected chi connectivity index (χ2v) is 6.12. The van der Waals surface area contributed by atoms with E-state index >= 15 is 0 Å². The molecule has 0 bridgehead atoms. The molecule has 3 heteroatoms. The van der Waals surface area contributed by atoms with Crippen LogP contribution in [0, 0.1) is 10.8 Å². The van der Waals surface area contributed by atoms with Gasteiger partial charge in [-0.3, -0.25) is 5.41 Å². The average molecular weight is 259 g/mol. The van der Waals surface area contributed by atoms with Gasteiger partial charge >= 0.3 is 0 Å². The van der Waals surface area contributed by atoms with E-state index in [0.29, 0.717) is 5.84 Å². The largest absolute Gasteiger partial charge is 0.387 e. The molecule has 0 unspecified atom stereocenters. The van der Waals surface area contributed by atoms with Crippen LogP contribution in [0.3, 0.4) is 0 Å². The van der Waals surface area contributed by atoms with Gasteiger partial charge in [-0.2, -0.15) is 0 Å². The van der Waals surface area contributed by atoms with E-state index < -0.39 is 0 Å². The molecule has 0 saturated heterocycles. The summed E-state index contributed by atoms with van der Waals surface area (Å²) in [7, 11) is 0. The van der Waals surface area contributed by atoms with E-state index in [-0.39, 0.29) is 5.41 Å². The number of nitrogens with zero attached hydrogens (tertiary/aromatic N) is 1. The van der Waals surface area contributed by atoms with Crippen molar-refractivity contribution in [2.75, 3.05) is 18.0 Å². The first-order valence-electron chi connectivity index (χ1n) is 7.18. The normalized spacial score (nSPS) is 14.5. The summed E-state index contributed by atoms with van der Waals surface area (Å²) in [5, 5.41) is 7.56. The first-order chi connectivity index (χ1) is 9.00. The molecule has 0 aliphatic carbocycles. The quantitative estimate of drug-likeness (QED) is 0.468. The second-order valence-electron chi connectivity index (χ2n) is 6.12. The molecule has 0 saturated carbocycles. The minimum Gasteiger partial charge on any atom is -0.387 e. The third-order valence-electron chi connectivity index (χ3n) is 4.19. The Bertz CT molecular complexity index is 451. The van der Waals surface area contributed by atoms with Crippen molar-refractivity contribution in [1.29, 1.82) is 5.41 Å². The Balaban J connectivity index is 1.78. The van der Waals surface area contributed by atoms with Gasteiger partial charge in [0, 0.05) is 24.2 Å². The maximum absolute atomic E-state index is 7.56. The van der Waals surface area contributed by atoms with Gasteiger partial charge in [0.05, 0.1) is 5.84 Å². The molecule has 0 fully saturated rings. The molecule has 1 aliphatic rings. The maximum atomic E-state index is 7.56. The van der Waals surface area contributed by atoms with Gasteiger partial charge in [-0.1, -0.05) is 38.5 Å². The average Bonchev–Trinajstić information content (AvgIpc) is 2.78. The molecule has 0 atom stereocenters. The lowest BCUT2D eigenvalue weighted by atomic mass is 9.86. The van der Waals surface area contributed by atoms with Gasteiger partial charge in [-0.15, -0.1) is 0 Å². The van der Waals surface area contributed by atoms with E-state index in [1.165, 1.54) is 24.1 Å². The Labute approximate surface area is 116 Å². The lowest BCUT2D eigenvalue weighted by Crippen LogP contribution is -2.31. The number of amidine groups is 1. The van der Waals surface area contributed by atoms with Crippen LogP contribution in [0.15, 0.2) is 24.3 Å². The highest BCUT2D eigenvalue weighted by Crippen LogP contribution is 2.28. The molecule has 0 aromatic heterocycles. The van der Waals surface area contributed by atoms with Gasteiger partial charge in [0.2, 0.25) is 0 Å². The van der Waals surface area contributed by atoms with E-state index in [2.05, 4.69) is 43.0 Å². The third-order valence-corrected chi connectivity index (χ3v) is 4.19. The van der Waals surface area contributed by atoms with Crippen molar-refractivity contribution in [2.24, 2.45) is 11.1 Å². The molecule has 0 spiro atoms. The van der Waals surface area contributed by atoms with Crippen LogP contribution in [0.4, 0.5) is 5.69 Å². The van der Waals surface area contributed by atoms with Crippen molar-refractivity contribution in [3.05, 3.63) is 29.8 Å². The number of anilines is 1. The Morgan fingerprint density at radius 2 is 2.05 bits per heavy atom. The molecule has 1 heterocycles. The van der Waals surface area contributed by atoms with E-state index in [1.54, 1.807) is 0 Å². The van der Waals surface area contributed by atoms with Crippen LogP contribution in [0.25, 0.3) is 0 Å². The highest BCUT2D eigenvalue weighted by molar-refractivity contribution is 5.82. The minimum atomic E-state index is -0.150. The van der Waals surface area contributed by atoms with Crippen LogP contribution in [-0.2, 0) is 6.42 Å². The lowest BCUT2D eigenvalue weighted by Gasteiger charge is -2.24. The molecule has 1 aromatic rings. The van der Waals surface area contributed by atoms with Gasteiger partial charge < -0.3 is 10.6 Å². The molecule has 19 heavy (non-hydrogen) atoms. The van der Waals surface area contributed by atoms with Crippen LogP contribution in [0.2, 0.25) is 0 Å². The Kier molecular flexibility index (Phi) is 4.13. The zero-order valence-electron chi connectivity index (χ0n) is 12.1. The molecule has 2 rings (SSSR count). The van der Waals surface area contributed by atoms with Crippen molar-refractivity contribution < 1.29 is 0 Å². The fraction of sp³-hybridized carbons (Fsp3) is 0.562. The summed E-state index contributed by atoms with van der Waals surface area (Å²) >= 11 is 0. The van der Waals surface area contributed by atoms with Gasteiger partial charge in [-0.25, -0.2) is 0 Å². The summed E-state index contributed by atoms with van der Waals surface area (Å²) in [5.41, 5.74) is 8.35. The van der Waals surface area contributed by atoms with Crippen LogP contribution in [0.1, 0.15) is 38.7 Å². The number of unbranched alkanes of at least 4 members (excludes halogenated alkanes) is 1. The van der Waals surface area contributed by atoms with Gasteiger partial charge in [-0.05, 0) is 30.9 Å². The Hall–Kier alpha value is -1.51. The number of nitrogens with one attached hydrogen (secondary N) is 1. The number of benzene rings is 1. The van der Waals surface area contributed by atoms with Crippen molar-refractivity contribution in [1.82, 2.24) is 0 Å². The molecule has 1 aliphatic heterocycles. The van der Waals surface area contributed by atoms with Crippen molar-refractivity contribution in [3.63, 3.8) is 0 Å². The van der Waals surface area contributed by atoms with Crippen LogP contribution in [-0.4, -0.2) is 18.9 Å². The number of rotatable bonds is 6. The Morgan fingerprint density at radius 3 is 2.79 bits per heavy atom. The summed E-state index contributed by atoms with van der Waals surface area (Å²) in [6, 6.07) is 8.70. The van der Waals surface area contributed by atoms with E-state index in [9.17, 15) is 0 Å². The molecule has 1 aromatic carbocycles. The predicted octanol–water partition coefficient (Wildman–Crippen LogP) is 3.18. The first-order valence-corrected chi connectivity index (χ1v) is 7.18. The van der Waals surface area contributed by atoms with E-state index in [1.807, 2.05) is 0 Å². The number of nitrogens with two attached hydrogens (primary N) is 1. The predicted molar refractivity (Wildman–Crippen MR) is 81.9 cm³/mol. The van der Waals surface area contributed by atoms with Crippen LogP contribution < -0.4 is 10.6 Å². The second kappa shape index (κ2) is 5.64. The van der Waals surface area contributed by atoms with Gasteiger partial charge in [0.1, 0.15) is 0 Å². The summed E-state index contributed by atoms with van der Waals surface area (Å²) < 4.78 is 0. The molecular formula is C16H25N3. The van der Waals surface area contributed by atoms with Gasteiger partial charge in [0.15, 0.2) is 0 Å². The molecule has 0 radical (unpaired) electrons. The topological polar surface area (TPSA) is 53.1 Å². The number of hydrogen-bond acceptors (Lipinski definition) is 2. The van der Waals surface area contributed by atoms with Crippen LogP contribution >= 0.6 is 0 Å². The Morgan fingerprint density at radius 1 is 1.32 bits per heavy atom. The minimum absolute atomic E-state index is 0.150. The third kappa shape index (κ3) is 3.28. The van der Waals surface area contributed by atoms with E-state index in [4.69, 9.17) is 11.1 Å². The molecular weight excluding hydrogens is 234 g/mol. The number of para-hydroxylation sites is 1. The van der Waals surface area contributed by atoms with Crippen LogP contribution in [0.5, 0.6) is 0 Å². The highest BCUT2D eigenvalue weighted by atomic mass is 15.1. The lowest BCUT2D eigenvalue weighted by molar-refractivity contribution is 0.442. The first kappa shape index (κ1) is 13.9. The summed E-state index contributed by atoms with van der Waals surface area (Å²) in [6.07, 6.45) is 4.48. The fourth-order valence-electron chi connectivity index (χ4n) is 2.64. The smallest absolute Gasteiger partial charge is 0.0963 e. The molecule has 3 nitrogen and oxygen atoms in total. The molecule has 0 amide bonds. The van der Waals surface area contributed by atoms with Crippen molar-refractivity contribution in [2.45, 2.75) is 39.5 Å². The fourth-order valence-corrected chi connectivity index (χ4v) is 2.64. The van der Waals surface area contributed by atoms with Crippen molar-refractivity contribution in [3.8, 4) is 0 Å². The SMILES string of the molecule is CC(C)(CCCCN1CCc2ccccc21)C(=N)N. The highest BCUT2D eigenvalue weighted by Gasteiger charge is 2.21. The molecule has 104 valence electrons. The van der Waals surface area contributed by atoms with Crippen molar-refractivity contribution >= 4 is 11.5 Å². The summed E-state index contributed by atoms with van der Waals surface area (Å²) in [6.45, 7) is 6.38. The zero-order chi connectivity index (χ0) is 13.9. The summed E-state index contributed by atoms with van der Waals surface area (Å²) in [4.78, 5) is 2.48. The standard InChI is InChI=1S/C16H25N3/c1-16(2,15(17)18)10-5-6-11-19-12-9-13-7-3-4-8-14(13)19/h3-4,7-8H,5-6,9-12H2,1-2H3,(H3,17,18). The maximum Gasteiger partial charge on any atom is 0.0963 e. The monoisotopic (exact) mass is 259 g/mol.